The lowest BCUT2D eigenvalue weighted by Crippen LogP contribution is -2.21. The predicted octanol–water partition coefficient (Wildman–Crippen LogP) is 1.66. The van der Waals surface area contributed by atoms with E-state index in [2.05, 4.69) is 4.84 Å². The number of carbonyl (C=O) groups excluding carboxylic acids is 1. The van der Waals surface area contributed by atoms with Crippen molar-refractivity contribution in [1.82, 2.24) is 4.90 Å². The van der Waals surface area contributed by atoms with Gasteiger partial charge in [-0.25, -0.2) is 0 Å². The molecule has 0 spiro atoms. The lowest BCUT2D eigenvalue weighted by atomic mass is 10.1. The highest BCUT2D eigenvalue weighted by molar-refractivity contribution is 6.24. The van der Waals surface area contributed by atoms with E-state index >= 15 is 0 Å². The average molecular weight is 215 g/mol. The summed E-state index contributed by atoms with van der Waals surface area (Å²) in [4.78, 5) is 15.2. The molecule has 0 aliphatic heterocycles. The summed E-state index contributed by atoms with van der Waals surface area (Å²) < 4.78 is 0. The monoisotopic (exact) mass is 214 g/mol. The number of nitrogens with one attached hydrogen (secondary N) is 1. The molecule has 0 saturated carbocycles. The van der Waals surface area contributed by atoms with Gasteiger partial charge in [0.15, 0.2) is 5.75 Å². The van der Waals surface area contributed by atoms with Crippen LogP contribution in [0.25, 0.3) is 0 Å². The first-order valence-electron chi connectivity index (χ1n) is 3.98. The number of para-hydroxylation sites is 1. The SMILES string of the molecule is CN(C)C(=O)c1cccc(NCl)c1O. The second-order valence-electron chi connectivity index (χ2n) is 3.00. The maximum atomic E-state index is 11.5. The number of rotatable bonds is 2. The molecular weight excluding hydrogens is 204 g/mol. The zero-order chi connectivity index (χ0) is 10.7. The molecule has 1 rings (SSSR count). The highest BCUT2D eigenvalue weighted by Crippen LogP contribution is 2.28. The Balaban J connectivity index is 3.16. The molecule has 0 saturated heterocycles. The Morgan fingerprint density at radius 1 is 1.50 bits per heavy atom. The van der Waals surface area contributed by atoms with Gasteiger partial charge in [0, 0.05) is 25.9 Å². The van der Waals surface area contributed by atoms with E-state index in [-0.39, 0.29) is 17.2 Å². The van der Waals surface area contributed by atoms with Crippen molar-refractivity contribution in [2.45, 2.75) is 0 Å². The maximum Gasteiger partial charge on any atom is 0.257 e. The number of hydrogen-bond acceptors (Lipinski definition) is 3. The van der Waals surface area contributed by atoms with Gasteiger partial charge in [-0.15, -0.1) is 0 Å². The van der Waals surface area contributed by atoms with Crippen LogP contribution < -0.4 is 4.84 Å². The Morgan fingerprint density at radius 3 is 2.64 bits per heavy atom. The number of amides is 1. The minimum absolute atomic E-state index is 0.138. The molecule has 14 heavy (non-hydrogen) atoms. The highest BCUT2D eigenvalue weighted by atomic mass is 35.5. The third-order valence-electron chi connectivity index (χ3n) is 1.77. The Labute approximate surface area is 87.2 Å². The van der Waals surface area contributed by atoms with Crippen LogP contribution in [0.4, 0.5) is 5.69 Å². The zero-order valence-corrected chi connectivity index (χ0v) is 8.67. The second-order valence-corrected chi connectivity index (χ2v) is 3.18. The van der Waals surface area contributed by atoms with Crippen molar-refractivity contribution in [3.63, 3.8) is 0 Å². The summed E-state index contributed by atoms with van der Waals surface area (Å²) in [6.45, 7) is 0. The number of hydrogen-bond donors (Lipinski definition) is 2. The van der Waals surface area contributed by atoms with Crippen molar-refractivity contribution in [3.05, 3.63) is 23.8 Å². The van der Waals surface area contributed by atoms with Gasteiger partial charge < -0.3 is 10.0 Å². The van der Waals surface area contributed by atoms with Gasteiger partial charge >= 0.3 is 0 Å². The first-order valence-corrected chi connectivity index (χ1v) is 4.36. The molecule has 0 aromatic heterocycles. The predicted molar refractivity (Wildman–Crippen MR) is 55.6 cm³/mol. The van der Waals surface area contributed by atoms with Gasteiger partial charge in [-0.3, -0.25) is 9.63 Å². The number of anilines is 1. The Morgan fingerprint density at radius 2 is 2.14 bits per heavy atom. The van der Waals surface area contributed by atoms with Crippen LogP contribution in [0, 0.1) is 0 Å². The van der Waals surface area contributed by atoms with Gasteiger partial charge in [0.05, 0.1) is 11.3 Å². The maximum absolute atomic E-state index is 11.5. The van der Waals surface area contributed by atoms with Crippen LogP contribution in [0.3, 0.4) is 0 Å². The topological polar surface area (TPSA) is 52.6 Å². The quantitative estimate of drug-likeness (QED) is 0.582. The third-order valence-corrected chi connectivity index (χ3v) is 1.98. The summed E-state index contributed by atoms with van der Waals surface area (Å²) in [5.74, 6) is -0.405. The lowest BCUT2D eigenvalue weighted by molar-refractivity contribution is 0.0825. The van der Waals surface area contributed by atoms with Gasteiger partial charge in [-0.05, 0) is 12.1 Å². The Kier molecular flexibility index (Phi) is 3.19. The molecule has 0 bridgehead atoms. The van der Waals surface area contributed by atoms with Crippen LogP contribution in [0.1, 0.15) is 10.4 Å². The van der Waals surface area contributed by atoms with Gasteiger partial charge in [-0.1, -0.05) is 6.07 Å². The second kappa shape index (κ2) is 4.19. The summed E-state index contributed by atoms with van der Waals surface area (Å²) in [5, 5.41) is 9.61. The molecule has 2 N–H and O–H groups in total. The van der Waals surface area contributed by atoms with E-state index in [1.807, 2.05) is 0 Å². The largest absolute Gasteiger partial charge is 0.505 e. The molecule has 4 nitrogen and oxygen atoms in total. The van der Waals surface area contributed by atoms with Crippen molar-refractivity contribution < 1.29 is 9.90 Å². The van der Waals surface area contributed by atoms with Crippen molar-refractivity contribution in [2.75, 3.05) is 18.9 Å². The van der Waals surface area contributed by atoms with E-state index in [0.29, 0.717) is 5.69 Å². The van der Waals surface area contributed by atoms with E-state index in [4.69, 9.17) is 11.8 Å². The summed E-state index contributed by atoms with van der Waals surface area (Å²) in [7, 11) is 3.23. The average Bonchev–Trinajstić information content (AvgIpc) is 2.17. The molecule has 1 amide bonds. The number of phenolic OH excluding ortho intramolecular Hbond substituents is 1. The molecule has 1 aromatic rings. The van der Waals surface area contributed by atoms with Crippen LogP contribution in [0.2, 0.25) is 0 Å². The summed E-state index contributed by atoms with van der Waals surface area (Å²) in [6, 6.07) is 4.76. The zero-order valence-electron chi connectivity index (χ0n) is 7.91. The van der Waals surface area contributed by atoms with Crippen molar-refractivity contribution in [3.8, 4) is 5.75 Å². The number of carbonyl (C=O) groups is 1. The lowest BCUT2D eigenvalue weighted by Gasteiger charge is -2.12. The number of aromatic hydroxyl groups is 1. The molecule has 0 atom stereocenters. The molecule has 0 aliphatic rings. The van der Waals surface area contributed by atoms with Crippen LogP contribution >= 0.6 is 11.8 Å². The molecule has 0 heterocycles. The minimum atomic E-state index is -0.267. The van der Waals surface area contributed by atoms with Gasteiger partial charge in [-0.2, -0.15) is 0 Å². The smallest absolute Gasteiger partial charge is 0.257 e. The number of benzene rings is 1. The fraction of sp³-hybridized carbons (Fsp3) is 0.222. The van der Waals surface area contributed by atoms with Gasteiger partial charge in [0.1, 0.15) is 0 Å². The third kappa shape index (κ3) is 1.90. The normalized spacial score (nSPS) is 9.64. The van der Waals surface area contributed by atoms with Crippen LogP contribution in [0.5, 0.6) is 5.75 Å². The molecule has 5 heteroatoms. The first-order chi connectivity index (χ1) is 6.57. The standard InChI is InChI=1S/C9H11ClN2O2/c1-12(2)9(14)6-4-3-5-7(11-10)8(6)13/h3-5,11,13H,1-2H3. The molecular formula is C9H11ClN2O2. The van der Waals surface area contributed by atoms with Crippen molar-refractivity contribution in [2.24, 2.45) is 0 Å². The van der Waals surface area contributed by atoms with Crippen molar-refractivity contribution >= 4 is 23.4 Å². The fourth-order valence-electron chi connectivity index (χ4n) is 1.03. The highest BCUT2D eigenvalue weighted by Gasteiger charge is 2.14. The Bertz CT molecular complexity index is 353. The van der Waals surface area contributed by atoms with E-state index in [0.717, 1.165) is 0 Å². The summed E-state index contributed by atoms with van der Waals surface area (Å²) >= 11 is 5.35. The summed E-state index contributed by atoms with van der Waals surface area (Å²) in [6.07, 6.45) is 0. The number of nitrogens with zero attached hydrogens (tertiary/aromatic N) is 1. The van der Waals surface area contributed by atoms with Gasteiger partial charge in [0.25, 0.3) is 5.91 Å². The van der Waals surface area contributed by atoms with E-state index in [1.165, 1.54) is 11.0 Å². The van der Waals surface area contributed by atoms with Crippen LogP contribution in [0.15, 0.2) is 18.2 Å². The molecule has 1 aromatic carbocycles. The first kappa shape index (κ1) is 10.7. The Hall–Kier alpha value is -1.42. The number of halogens is 1. The molecule has 0 radical (unpaired) electrons. The molecule has 0 aliphatic carbocycles. The van der Waals surface area contributed by atoms with E-state index in [9.17, 15) is 9.90 Å². The van der Waals surface area contributed by atoms with Crippen molar-refractivity contribution in [1.29, 1.82) is 0 Å². The summed E-state index contributed by atoms with van der Waals surface area (Å²) in [5.41, 5.74) is 0.542. The van der Waals surface area contributed by atoms with E-state index < -0.39 is 0 Å². The van der Waals surface area contributed by atoms with Crippen LogP contribution in [-0.2, 0) is 0 Å². The molecule has 0 fully saturated rings. The minimum Gasteiger partial charge on any atom is -0.505 e. The molecule has 76 valence electrons. The van der Waals surface area contributed by atoms with Crippen LogP contribution in [-0.4, -0.2) is 30.0 Å². The fourth-order valence-corrected chi connectivity index (χ4v) is 1.19. The van der Waals surface area contributed by atoms with Gasteiger partial charge in [0.2, 0.25) is 0 Å². The molecule has 0 unspecified atom stereocenters. The number of phenols is 1. The van der Waals surface area contributed by atoms with E-state index in [1.54, 1.807) is 26.2 Å².